The Kier molecular flexibility index (Phi) is 11.0. The van der Waals surface area contributed by atoms with E-state index in [0.29, 0.717) is 0 Å². The standard InChI is InChI=1S/C22H38N2O15/c1-6-13(28)17(32)18(33)22(36-6)35-5-10-19(16(31)11(20(34)37-10)23-7(2)26)39-21-12(24-8(3)27)15(30)14(29)9(4-25)38-21/h6,9-22,25,28-34H,4-5H2,1-3H3,(H,23,26)(H,24,27)/t6-,9-,10-,11-,12+,13+,14+,15-,16-,17+,18+,19+,20-,21+,22-/m1/s1. The van der Waals surface area contributed by atoms with Gasteiger partial charge in [-0.2, -0.15) is 0 Å². The van der Waals surface area contributed by atoms with Gasteiger partial charge < -0.3 is 75.2 Å². The first kappa shape index (κ1) is 31.9. The number of amides is 2. The lowest BCUT2D eigenvalue weighted by Gasteiger charge is -2.48. The molecule has 15 atom stereocenters. The van der Waals surface area contributed by atoms with E-state index < -0.39 is 117 Å². The molecule has 3 rings (SSSR count). The van der Waals surface area contributed by atoms with Crippen LogP contribution in [0.25, 0.3) is 0 Å². The van der Waals surface area contributed by atoms with Crippen LogP contribution in [0.4, 0.5) is 0 Å². The van der Waals surface area contributed by atoms with Gasteiger partial charge >= 0.3 is 0 Å². The van der Waals surface area contributed by atoms with Gasteiger partial charge in [0.15, 0.2) is 18.9 Å². The van der Waals surface area contributed by atoms with Gasteiger partial charge in [-0.15, -0.1) is 0 Å². The minimum atomic E-state index is -1.77. The third-order valence-corrected chi connectivity index (χ3v) is 6.84. The normalized spacial score (nSPS) is 46.9. The molecule has 0 saturated carbocycles. The molecule has 2 amide bonds. The maximum atomic E-state index is 11.8. The number of ether oxygens (including phenoxy) is 5. The van der Waals surface area contributed by atoms with E-state index in [1.54, 1.807) is 0 Å². The van der Waals surface area contributed by atoms with E-state index in [-0.39, 0.29) is 0 Å². The lowest BCUT2D eigenvalue weighted by Crippen LogP contribution is -2.69. The topological polar surface area (TPSA) is 266 Å². The quantitative estimate of drug-likeness (QED) is 0.130. The predicted octanol–water partition coefficient (Wildman–Crippen LogP) is -6.26. The van der Waals surface area contributed by atoms with Crippen molar-refractivity contribution in [3.05, 3.63) is 0 Å². The summed E-state index contributed by atoms with van der Waals surface area (Å²) in [7, 11) is 0. The molecule has 3 saturated heterocycles. The summed E-state index contributed by atoms with van der Waals surface area (Å²) in [4.78, 5) is 23.4. The number of hydrogen-bond acceptors (Lipinski definition) is 15. The molecule has 0 aromatic heterocycles. The molecular weight excluding hydrogens is 532 g/mol. The van der Waals surface area contributed by atoms with Crippen molar-refractivity contribution in [1.29, 1.82) is 0 Å². The zero-order chi connectivity index (χ0) is 29.2. The highest BCUT2D eigenvalue weighted by molar-refractivity contribution is 5.73. The van der Waals surface area contributed by atoms with E-state index >= 15 is 0 Å². The average molecular weight is 571 g/mol. The molecule has 3 aliphatic rings. The van der Waals surface area contributed by atoms with Crippen molar-refractivity contribution in [2.24, 2.45) is 0 Å². The van der Waals surface area contributed by atoms with Gasteiger partial charge in [0.1, 0.15) is 67.0 Å². The van der Waals surface area contributed by atoms with Crippen molar-refractivity contribution >= 4 is 11.8 Å². The number of aliphatic hydroxyl groups excluding tert-OH is 8. The lowest BCUT2D eigenvalue weighted by molar-refractivity contribution is -0.340. The summed E-state index contributed by atoms with van der Waals surface area (Å²) >= 11 is 0. The second kappa shape index (κ2) is 13.4. The Balaban J connectivity index is 1.84. The van der Waals surface area contributed by atoms with Crippen molar-refractivity contribution in [2.75, 3.05) is 13.2 Å². The zero-order valence-corrected chi connectivity index (χ0v) is 21.5. The van der Waals surface area contributed by atoms with E-state index in [2.05, 4.69) is 10.6 Å². The molecule has 0 radical (unpaired) electrons. The summed E-state index contributed by atoms with van der Waals surface area (Å²) in [6.07, 6.45) is -19.6. The molecule has 17 nitrogen and oxygen atoms in total. The molecule has 0 spiro atoms. The van der Waals surface area contributed by atoms with Gasteiger partial charge in [-0.25, -0.2) is 0 Å². The van der Waals surface area contributed by atoms with Crippen molar-refractivity contribution in [1.82, 2.24) is 10.6 Å². The van der Waals surface area contributed by atoms with E-state index in [1.165, 1.54) is 6.92 Å². The molecule has 39 heavy (non-hydrogen) atoms. The van der Waals surface area contributed by atoms with Crippen LogP contribution in [0.1, 0.15) is 20.8 Å². The molecule has 0 aromatic carbocycles. The molecule has 3 fully saturated rings. The third-order valence-electron chi connectivity index (χ3n) is 6.84. The van der Waals surface area contributed by atoms with Gasteiger partial charge in [0.25, 0.3) is 0 Å². The molecule has 0 unspecified atom stereocenters. The lowest BCUT2D eigenvalue weighted by atomic mass is 9.94. The molecule has 3 heterocycles. The number of carbonyl (C=O) groups is 2. The number of hydrogen-bond donors (Lipinski definition) is 10. The largest absolute Gasteiger partial charge is 0.394 e. The molecule has 17 heteroatoms. The molecular formula is C22H38N2O15. The summed E-state index contributed by atoms with van der Waals surface area (Å²) in [5.41, 5.74) is 0. The van der Waals surface area contributed by atoms with E-state index in [4.69, 9.17) is 23.7 Å². The van der Waals surface area contributed by atoms with Crippen LogP contribution in [0, 0.1) is 0 Å². The minimum absolute atomic E-state index is 0.547. The van der Waals surface area contributed by atoms with Crippen molar-refractivity contribution in [2.45, 2.75) is 113 Å². The SMILES string of the molecule is CC(=O)N[C@@H]1[C@H](O[C@@H]2[C@H](O)[C@@H](NC(C)=O)[C@H](O)O[C@@H]2CO[C@@H]2O[C@H](C)[C@H](O)[C@H](O)[C@@H]2O)O[C@H](CO)[C@H](O)[C@@H]1O. The molecule has 0 bridgehead atoms. The number of rotatable bonds is 8. The van der Waals surface area contributed by atoms with Crippen molar-refractivity contribution in [3.63, 3.8) is 0 Å². The van der Waals surface area contributed by atoms with Crippen molar-refractivity contribution < 1.29 is 74.1 Å². The number of aliphatic hydroxyl groups is 8. The highest BCUT2D eigenvalue weighted by Crippen LogP contribution is 2.30. The predicted molar refractivity (Wildman–Crippen MR) is 123 cm³/mol. The molecule has 10 N–H and O–H groups in total. The Morgan fingerprint density at radius 2 is 1.33 bits per heavy atom. The fraction of sp³-hybridized carbons (Fsp3) is 0.909. The van der Waals surface area contributed by atoms with Gasteiger partial charge in [-0.1, -0.05) is 0 Å². The summed E-state index contributed by atoms with van der Waals surface area (Å²) in [5.74, 6) is -1.25. The van der Waals surface area contributed by atoms with Crippen LogP contribution in [0.3, 0.4) is 0 Å². The summed E-state index contributed by atoms with van der Waals surface area (Å²) in [5, 5.41) is 86.8. The maximum absolute atomic E-state index is 11.8. The summed E-state index contributed by atoms with van der Waals surface area (Å²) in [6.45, 7) is 2.42. The Labute approximate surface area is 223 Å². The first-order valence-electron chi connectivity index (χ1n) is 12.4. The van der Waals surface area contributed by atoms with Gasteiger partial charge in [0.2, 0.25) is 11.8 Å². The fourth-order valence-corrected chi connectivity index (χ4v) is 4.71. The average Bonchev–Trinajstić information content (AvgIpc) is 2.87. The van der Waals surface area contributed by atoms with Crippen LogP contribution in [0.5, 0.6) is 0 Å². The highest BCUT2D eigenvalue weighted by atomic mass is 16.7. The smallest absolute Gasteiger partial charge is 0.217 e. The van der Waals surface area contributed by atoms with Crippen LogP contribution in [-0.4, -0.2) is 158 Å². The summed E-state index contributed by atoms with van der Waals surface area (Å²) < 4.78 is 27.9. The van der Waals surface area contributed by atoms with Crippen molar-refractivity contribution in [3.8, 4) is 0 Å². The van der Waals surface area contributed by atoms with Crippen LogP contribution in [-0.2, 0) is 33.3 Å². The zero-order valence-electron chi connectivity index (χ0n) is 21.5. The van der Waals surface area contributed by atoms with Gasteiger partial charge in [0, 0.05) is 13.8 Å². The molecule has 0 aromatic rings. The van der Waals surface area contributed by atoms with Crippen LogP contribution >= 0.6 is 0 Å². The van der Waals surface area contributed by atoms with Gasteiger partial charge in [0.05, 0.1) is 19.3 Å². The van der Waals surface area contributed by atoms with Gasteiger partial charge in [-0.3, -0.25) is 9.59 Å². The second-order valence-corrected chi connectivity index (χ2v) is 9.83. The molecule has 3 aliphatic heterocycles. The Morgan fingerprint density at radius 3 is 1.92 bits per heavy atom. The Morgan fingerprint density at radius 1 is 0.718 bits per heavy atom. The number of nitrogens with one attached hydrogen (secondary N) is 2. The monoisotopic (exact) mass is 570 g/mol. The van der Waals surface area contributed by atoms with E-state index in [9.17, 15) is 50.4 Å². The Bertz CT molecular complexity index is 837. The van der Waals surface area contributed by atoms with E-state index in [0.717, 1.165) is 13.8 Å². The van der Waals surface area contributed by atoms with Crippen LogP contribution in [0.15, 0.2) is 0 Å². The summed E-state index contributed by atoms with van der Waals surface area (Å²) in [6, 6.07) is -2.80. The molecule has 0 aliphatic carbocycles. The fourth-order valence-electron chi connectivity index (χ4n) is 4.71. The van der Waals surface area contributed by atoms with Gasteiger partial charge in [-0.05, 0) is 6.92 Å². The minimum Gasteiger partial charge on any atom is -0.394 e. The first-order valence-corrected chi connectivity index (χ1v) is 12.4. The third kappa shape index (κ3) is 7.20. The molecule has 226 valence electrons. The highest BCUT2D eigenvalue weighted by Gasteiger charge is 2.52. The Hall–Kier alpha value is -1.58. The first-order chi connectivity index (χ1) is 18.3. The van der Waals surface area contributed by atoms with Crippen LogP contribution in [0.2, 0.25) is 0 Å². The van der Waals surface area contributed by atoms with Crippen LogP contribution < -0.4 is 10.6 Å². The second-order valence-electron chi connectivity index (χ2n) is 9.83. The number of carbonyl (C=O) groups excluding carboxylic acids is 2. The van der Waals surface area contributed by atoms with E-state index in [1.807, 2.05) is 0 Å². The maximum Gasteiger partial charge on any atom is 0.217 e.